The molecule has 1 aliphatic carbocycles. The lowest BCUT2D eigenvalue weighted by atomic mass is 9.26. The molecule has 0 spiro atoms. The number of carboxylic acid groups (broad SMARTS) is 4. The molecule has 4 N–H and O–H groups in total. The van der Waals surface area contributed by atoms with Crippen molar-refractivity contribution in [3.05, 3.63) is 0 Å². The fraction of sp³-hybridized carbons (Fsp3) is 0.667. The summed E-state index contributed by atoms with van der Waals surface area (Å²) in [5.41, 5.74) is -9.09. The Hall–Kier alpha value is -2.12. The van der Waals surface area contributed by atoms with E-state index in [9.17, 15) is 39.6 Å². The van der Waals surface area contributed by atoms with Crippen LogP contribution in [0.5, 0.6) is 0 Å². The van der Waals surface area contributed by atoms with Gasteiger partial charge in [0.25, 0.3) is 0 Å². The van der Waals surface area contributed by atoms with E-state index in [-0.39, 0.29) is 0 Å². The van der Waals surface area contributed by atoms with Crippen molar-refractivity contribution in [2.45, 2.75) is 27.7 Å². The molecule has 8 heteroatoms. The zero-order valence-corrected chi connectivity index (χ0v) is 11.4. The van der Waals surface area contributed by atoms with Crippen molar-refractivity contribution in [1.29, 1.82) is 0 Å². The van der Waals surface area contributed by atoms with E-state index in [0.717, 1.165) is 27.7 Å². The number of aliphatic carboxylic acids is 4. The highest BCUT2D eigenvalue weighted by Gasteiger charge is 2.92. The molecule has 0 aromatic heterocycles. The Balaban J connectivity index is 3.89. The first-order valence-electron chi connectivity index (χ1n) is 5.71. The summed E-state index contributed by atoms with van der Waals surface area (Å²) in [6, 6.07) is 0. The summed E-state index contributed by atoms with van der Waals surface area (Å²) in [5, 5.41) is 37.4. The normalized spacial score (nSPS) is 33.8. The lowest BCUT2D eigenvalue weighted by Crippen LogP contribution is -2.84. The van der Waals surface area contributed by atoms with Gasteiger partial charge in [0.2, 0.25) is 0 Å². The van der Waals surface area contributed by atoms with Crippen LogP contribution in [0.3, 0.4) is 0 Å². The molecule has 1 fully saturated rings. The maximum atomic E-state index is 11.6. The highest BCUT2D eigenvalue weighted by molar-refractivity contribution is 6.11. The Morgan fingerprint density at radius 2 is 0.900 bits per heavy atom. The van der Waals surface area contributed by atoms with Crippen LogP contribution in [0.1, 0.15) is 27.7 Å². The molecule has 112 valence electrons. The lowest BCUT2D eigenvalue weighted by Gasteiger charge is -2.70. The van der Waals surface area contributed by atoms with Crippen molar-refractivity contribution in [1.82, 2.24) is 0 Å². The van der Waals surface area contributed by atoms with Crippen molar-refractivity contribution in [3.63, 3.8) is 0 Å². The van der Waals surface area contributed by atoms with Gasteiger partial charge >= 0.3 is 23.9 Å². The maximum absolute atomic E-state index is 11.6. The van der Waals surface area contributed by atoms with Gasteiger partial charge in [-0.05, 0) is 13.8 Å². The first-order valence-corrected chi connectivity index (χ1v) is 5.71. The molecule has 1 rings (SSSR count). The average Bonchev–Trinajstić information content (AvgIpc) is 2.25. The van der Waals surface area contributed by atoms with Gasteiger partial charge < -0.3 is 20.4 Å². The molecule has 0 amide bonds. The minimum atomic E-state index is -2.74. The number of carboxylic acids is 4. The minimum absolute atomic E-state index is 0.858. The van der Waals surface area contributed by atoms with Crippen molar-refractivity contribution in [2.24, 2.45) is 21.7 Å². The molecule has 8 nitrogen and oxygen atoms in total. The van der Waals surface area contributed by atoms with Crippen LogP contribution in [0.25, 0.3) is 0 Å². The van der Waals surface area contributed by atoms with Crippen LogP contribution in [-0.4, -0.2) is 44.3 Å². The summed E-state index contributed by atoms with van der Waals surface area (Å²) in [6.45, 7) is 4.21. The van der Waals surface area contributed by atoms with E-state index in [1.165, 1.54) is 0 Å². The van der Waals surface area contributed by atoms with Crippen LogP contribution in [0.4, 0.5) is 0 Å². The number of rotatable bonds is 4. The molecule has 1 saturated carbocycles. The Morgan fingerprint density at radius 1 is 0.600 bits per heavy atom. The summed E-state index contributed by atoms with van der Waals surface area (Å²) >= 11 is 0. The predicted molar refractivity (Wildman–Crippen MR) is 63.0 cm³/mol. The quantitative estimate of drug-likeness (QED) is 0.542. The van der Waals surface area contributed by atoms with Crippen LogP contribution in [-0.2, 0) is 19.2 Å². The first kappa shape index (κ1) is 15.9. The molecular formula is C12H16O8. The molecular weight excluding hydrogens is 272 g/mol. The smallest absolute Gasteiger partial charge is 0.322 e. The molecule has 0 aromatic carbocycles. The summed E-state index contributed by atoms with van der Waals surface area (Å²) in [5.74, 6) is -7.05. The van der Waals surface area contributed by atoms with Gasteiger partial charge in [-0.15, -0.1) is 0 Å². The first-order chi connectivity index (χ1) is 8.77. The highest BCUT2D eigenvalue weighted by atomic mass is 16.4. The Morgan fingerprint density at radius 3 is 1.10 bits per heavy atom. The van der Waals surface area contributed by atoms with Gasteiger partial charge in [0.1, 0.15) is 5.41 Å². The van der Waals surface area contributed by atoms with Gasteiger partial charge in [0, 0.05) is 5.41 Å². The summed E-state index contributed by atoms with van der Waals surface area (Å²) in [6.07, 6.45) is 0. The molecule has 0 saturated heterocycles. The SMILES string of the molecule is CC1(C)C(C)(C(=O)O)C(C)(C(=O)O)C1(C(=O)O)C(=O)O. The number of carbonyl (C=O) groups is 4. The predicted octanol–water partition coefficient (Wildman–Crippen LogP) is 0.364. The minimum Gasteiger partial charge on any atom is -0.481 e. The van der Waals surface area contributed by atoms with E-state index in [0.29, 0.717) is 0 Å². The second-order valence-electron chi connectivity index (χ2n) is 5.85. The molecule has 20 heavy (non-hydrogen) atoms. The van der Waals surface area contributed by atoms with E-state index < -0.39 is 45.5 Å². The van der Waals surface area contributed by atoms with Crippen LogP contribution >= 0.6 is 0 Å². The van der Waals surface area contributed by atoms with Crippen LogP contribution in [0.15, 0.2) is 0 Å². The van der Waals surface area contributed by atoms with E-state index in [1.807, 2.05) is 0 Å². The van der Waals surface area contributed by atoms with Crippen molar-refractivity contribution in [3.8, 4) is 0 Å². The Bertz CT molecular complexity index is 520. The molecule has 0 heterocycles. The van der Waals surface area contributed by atoms with Crippen molar-refractivity contribution in [2.75, 3.05) is 0 Å². The Kier molecular flexibility index (Phi) is 2.95. The molecule has 2 unspecified atom stereocenters. The van der Waals surface area contributed by atoms with Gasteiger partial charge in [-0.1, -0.05) is 13.8 Å². The Labute approximate surface area is 114 Å². The third-order valence-corrected chi connectivity index (χ3v) is 5.43. The van der Waals surface area contributed by atoms with Gasteiger partial charge in [0.15, 0.2) is 5.41 Å². The van der Waals surface area contributed by atoms with Crippen molar-refractivity contribution >= 4 is 23.9 Å². The number of hydrogen-bond donors (Lipinski definition) is 4. The third kappa shape index (κ3) is 1.05. The van der Waals surface area contributed by atoms with Crippen LogP contribution in [0.2, 0.25) is 0 Å². The highest BCUT2D eigenvalue weighted by Crippen LogP contribution is 2.78. The monoisotopic (exact) mass is 288 g/mol. The molecule has 0 bridgehead atoms. The molecule has 0 aromatic rings. The fourth-order valence-corrected chi connectivity index (χ4v) is 3.85. The van der Waals surface area contributed by atoms with Gasteiger partial charge in [-0.25, -0.2) is 0 Å². The summed E-state index contributed by atoms with van der Waals surface area (Å²) < 4.78 is 0. The van der Waals surface area contributed by atoms with Gasteiger partial charge in [-0.2, -0.15) is 0 Å². The number of hydrogen-bond acceptors (Lipinski definition) is 4. The third-order valence-electron chi connectivity index (χ3n) is 5.43. The largest absolute Gasteiger partial charge is 0.481 e. The van der Waals surface area contributed by atoms with E-state index in [4.69, 9.17) is 0 Å². The molecule has 2 atom stereocenters. The van der Waals surface area contributed by atoms with E-state index in [1.54, 1.807) is 0 Å². The van der Waals surface area contributed by atoms with Crippen molar-refractivity contribution < 1.29 is 39.6 Å². The zero-order chi connectivity index (χ0) is 16.3. The second kappa shape index (κ2) is 3.71. The zero-order valence-electron chi connectivity index (χ0n) is 11.4. The topological polar surface area (TPSA) is 149 Å². The summed E-state index contributed by atoms with van der Waals surface area (Å²) in [4.78, 5) is 46.2. The average molecular weight is 288 g/mol. The van der Waals surface area contributed by atoms with Crippen LogP contribution in [0, 0.1) is 21.7 Å². The lowest BCUT2D eigenvalue weighted by molar-refractivity contribution is -0.292. The standard InChI is InChI=1S/C12H16O8/c1-9(2)10(3,5(13)14)11(4,6(15)16)12(9,7(17)18)8(19)20/h1-4H3,(H,13,14)(H,15,16)(H,17,18)(H,19,20). The van der Waals surface area contributed by atoms with E-state index >= 15 is 0 Å². The molecule has 0 aliphatic heterocycles. The van der Waals surface area contributed by atoms with Gasteiger partial charge in [-0.3, -0.25) is 19.2 Å². The maximum Gasteiger partial charge on any atom is 0.322 e. The fourth-order valence-electron chi connectivity index (χ4n) is 3.85. The second-order valence-corrected chi connectivity index (χ2v) is 5.85. The summed E-state index contributed by atoms with van der Waals surface area (Å²) in [7, 11) is 0. The molecule has 1 aliphatic rings. The van der Waals surface area contributed by atoms with Crippen LogP contribution < -0.4 is 0 Å². The van der Waals surface area contributed by atoms with Gasteiger partial charge in [0.05, 0.1) is 5.41 Å². The van der Waals surface area contributed by atoms with E-state index in [2.05, 4.69) is 0 Å². The molecule has 0 radical (unpaired) electrons.